The molecule has 8 nitrogen and oxygen atoms in total. The van der Waals surface area contributed by atoms with Crippen LogP contribution in [-0.2, 0) is 11.3 Å². The first-order chi connectivity index (χ1) is 12.9. The van der Waals surface area contributed by atoms with Crippen molar-refractivity contribution in [2.45, 2.75) is 6.54 Å². The zero-order valence-corrected chi connectivity index (χ0v) is 14.9. The zero-order valence-electron chi connectivity index (χ0n) is 14.9. The Hall–Kier alpha value is -3.68. The second kappa shape index (κ2) is 7.28. The Labute approximate surface area is 154 Å². The number of anilines is 1. The fraction of sp³-hybridized carbons (Fsp3) is 0.158. The van der Waals surface area contributed by atoms with Gasteiger partial charge in [-0.2, -0.15) is 0 Å². The van der Waals surface area contributed by atoms with Crippen LogP contribution in [0.5, 0.6) is 0 Å². The van der Waals surface area contributed by atoms with E-state index in [1.165, 1.54) is 4.90 Å². The molecule has 0 aliphatic rings. The summed E-state index contributed by atoms with van der Waals surface area (Å²) in [5, 5.41) is 2.66. The lowest BCUT2D eigenvalue weighted by Crippen LogP contribution is -2.38. The monoisotopic (exact) mass is 366 g/mol. The molecule has 0 atom stereocenters. The number of amides is 2. The van der Waals surface area contributed by atoms with Gasteiger partial charge in [0.15, 0.2) is 0 Å². The van der Waals surface area contributed by atoms with Crippen LogP contribution in [0.4, 0.5) is 5.69 Å². The lowest BCUT2D eigenvalue weighted by molar-refractivity contribution is -0.116. The SMILES string of the molecule is CN(C)C(=O)c1ccc(NC(=O)Cn2c(=O)c(=O)[nH]c3ccccc32)cc1. The highest BCUT2D eigenvalue weighted by molar-refractivity contribution is 5.95. The van der Waals surface area contributed by atoms with Gasteiger partial charge in [0.2, 0.25) is 5.91 Å². The van der Waals surface area contributed by atoms with Gasteiger partial charge in [-0.15, -0.1) is 0 Å². The number of carbonyl (C=O) groups is 2. The van der Waals surface area contributed by atoms with Crippen LogP contribution in [0.15, 0.2) is 58.1 Å². The standard InChI is InChI=1S/C19H18N4O4/c1-22(2)18(26)12-7-9-13(10-8-12)20-16(24)11-23-15-6-4-3-5-14(15)21-17(25)19(23)27/h3-10H,11H2,1-2H3,(H,20,24)(H,21,25). The normalized spacial score (nSPS) is 10.6. The van der Waals surface area contributed by atoms with Gasteiger partial charge < -0.3 is 15.2 Å². The number of hydrogen-bond acceptors (Lipinski definition) is 4. The van der Waals surface area contributed by atoms with E-state index in [0.717, 1.165) is 4.57 Å². The van der Waals surface area contributed by atoms with Crippen molar-refractivity contribution in [2.24, 2.45) is 0 Å². The maximum atomic E-state index is 12.4. The van der Waals surface area contributed by atoms with Crippen LogP contribution in [0.3, 0.4) is 0 Å². The van der Waals surface area contributed by atoms with Gasteiger partial charge in [-0.05, 0) is 36.4 Å². The van der Waals surface area contributed by atoms with Crippen molar-refractivity contribution in [3.05, 3.63) is 74.8 Å². The Morgan fingerprint density at radius 1 is 1.04 bits per heavy atom. The Kier molecular flexibility index (Phi) is 4.89. The lowest BCUT2D eigenvalue weighted by atomic mass is 10.2. The van der Waals surface area contributed by atoms with Crippen molar-refractivity contribution in [1.82, 2.24) is 14.5 Å². The summed E-state index contributed by atoms with van der Waals surface area (Å²) in [7, 11) is 3.31. The molecule has 0 unspecified atom stereocenters. The molecule has 0 bridgehead atoms. The van der Waals surface area contributed by atoms with E-state index in [9.17, 15) is 19.2 Å². The van der Waals surface area contributed by atoms with Gasteiger partial charge in [-0.3, -0.25) is 23.7 Å². The van der Waals surface area contributed by atoms with Crippen LogP contribution < -0.4 is 16.4 Å². The van der Waals surface area contributed by atoms with Crippen LogP contribution in [0.1, 0.15) is 10.4 Å². The van der Waals surface area contributed by atoms with E-state index < -0.39 is 17.0 Å². The third-order valence-corrected chi connectivity index (χ3v) is 4.01. The second-order valence-electron chi connectivity index (χ2n) is 6.19. The van der Waals surface area contributed by atoms with Crippen LogP contribution in [-0.4, -0.2) is 40.4 Å². The van der Waals surface area contributed by atoms with E-state index >= 15 is 0 Å². The molecule has 2 amide bonds. The summed E-state index contributed by atoms with van der Waals surface area (Å²) in [6.07, 6.45) is 0. The molecule has 0 aliphatic carbocycles. The van der Waals surface area contributed by atoms with Crippen molar-refractivity contribution >= 4 is 28.5 Å². The highest BCUT2D eigenvalue weighted by Crippen LogP contribution is 2.12. The second-order valence-corrected chi connectivity index (χ2v) is 6.19. The molecule has 2 N–H and O–H groups in total. The van der Waals surface area contributed by atoms with E-state index in [1.807, 2.05) is 0 Å². The highest BCUT2D eigenvalue weighted by atomic mass is 16.2. The van der Waals surface area contributed by atoms with E-state index in [1.54, 1.807) is 62.6 Å². The van der Waals surface area contributed by atoms with Crippen molar-refractivity contribution in [2.75, 3.05) is 19.4 Å². The van der Waals surface area contributed by atoms with E-state index in [0.29, 0.717) is 22.3 Å². The third kappa shape index (κ3) is 3.79. The molecule has 3 aromatic rings. The number of nitrogens with zero attached hydrogens (tertiary/aromatic N) is 2. The molecule has 27 heavy (non-hydrogen) atoms. The number of fused-ring (bicyclic) bond motifs is 1. The Bertz CT molecular complexity index is 1130. The number of nitrogens with one attached hydrogen (secondary N) is 2. The molecule has 0 fully saturated rings. The summed E-state index contributed by atoms with van der Waals surface area (Å²) < 4.78 is 1.13. The summed E-state index contributed by atoms with van der Waals surface area (Å²) in [6, 6.07) is 13.2. The maximum absolute atomic E-state index is 12.4. The topological polar surface area (TPSA) is 104 Å². The molecule has 1 aromatic heterocycles. The van der Waals surface area contributed by atoms with Gasteiger partial charge in [-0.25, -0.2) is 0 Å². The number of aromatic amines is 1. The first-order valence-corrected chi connectivity index (χ1v) is 8.20. The van der Waals surface area contributed by atoms with Gasteiger partial charge in [0, 0.05) is 25.3 Å². The molecule has 0 saturated carbocycles. The van der Waals surface area contributed by atoms with Crippen LogP contribution >= 0.6 is 0 Å². The first-order valence-electron chi connectivity index (χ1n) is 8.20. The van der Waals surface area contributed by atoms with E-state index in [-0.39, 0.29) is 12.5 Å². The molecule has 3 rings (SSSR count). The minimum absolute atomic E-state index is 0.144. The smallest absolute Gasteiger partial charge is 0.317 e. The molecule has 1 heterocycles. The maximum Gasteiger partial charge on any atom is 0.317 e. The number of aromatic nitrogens is 2. The minimum Gasteiger partial charge on any atom is -0.345 e. The number of para-hydroxylation sites is 2. The minimum atomic E-state index is -0.796. The van der Waals surface area contributed by atoms with Gasteiger partial charge >= 0.3 is 11.1 Å². The number of carbonyl (C=O) groups excluding carboxylic acids is 2. The summed E-state index contributed by atoms with van der Waals surface area (Å²) in [5.74, 6) is -0.603. The molecule has 2 aromatic carbocycles. The molecule has 8 heteroatoms. The molecule has 0 aliphatic heterocycles. The first kappa shape index (κ1) is 18.1. The Morgan fingerprint density at radius 2 is 1.70 bits per heavy atom. The highest BCUT2D eigenvalue weighted by Gasteiger charge is 2.12. The fourth-order valence-corrected chi connectivity index (χ4v) is 2.68. The van der Waals surface area contributed by atoms with Crippen LogP contribution in [0.25, 0.3) is 11.0 Å². The number of H-pyrrole nitrogens is 1. The van der Waals surface area contributed by atoms with Crippen molar-refractivity contribution in [3.8, 4) is 0 Å². The number of rotatable bonds is 4. The predicted molar refractivity (Wildman–Crippen MR) is 102 cm³/mol. The van der Waals surface area contributed by atoms with Gasteiger partial charge in [0.1, 0.15) is 6.54 Å². The summed E-state index contributed by atoms with van der Waals surface area (Å²) >= 11 is 0. The van der Waals surface area contributed by atoms with Crippen LogP contribution in [0, 0.1) is 0 Å². The summed E-state index contributed by atoms with van der Waals surface area (Å²) in [6.45, 7) is -0.304. The third-order valence-electron chi connectivity index (χ3n) is 4.01. The molecule has 138 valence electrons. The number of hydrogen-bond donors (Lipinski definition) is 2. The molecule has 0 spiro atoms. The largest absolute Gasteiger partial charge is 0.345 e. The average Bonchev–Trinajstić information content (AvgIpc) is 2.65. The van der Waals surface area contributed by atoms with Gasteiger partial charge in [0.25, 0.3) is 5.91 Å². The van der Waals surface area contributed by atoms with E-state index in [4.69, 9.17) is 0 Å². The fourth-order valence-electron chi connectivity index (χ4n) is 2.68. The number of benzene rings is 2. The lowest BCUT2D eigenvalue weighted by Gasteiger charge is -2.12. The Morgan fingerprint density at radius 3 is 2.37 bits per heavy atom. The molecular weight excluding hydrogens is 348 g/mol. The van der Waals surface area contributed by atoms with Crippen molar-refractivity contribution in [1.29, 1.82) is 0 Å². The Balaban J connectivity index is 1.82. The quantitative estimate of drug-likeness (QED) is 0.673. The average molecular weight is 366 g/mol. The van der Waals surface area contributed by atoms with Crippen molar-refractivity contribution in [3.63, 3.8) is 0 Å². The van der Waals surface area contributed by atoms with E-state index in [2.05, 4.69) is 10.3 Å². The summed E-state index contributed by atoms with van der Waals surface area (Å²) in [4.78, 5) is 52.1. The zero-order chi connectivity index (χ0) is 19.6. The van der Waals surface area contributed by atoms with Gasteiger partial charge in [0.05, 0.1) is 11.0 Å². The van der Waals surface area contributed by atoms with Crippen LogP contribution in [0.2, 0.25) is 0 Å². The summed E-state index contributed by atoms with van der Waals surface area (Å²) in [5.41, 5.74) is 0.335. The molecule has 0 radical (unpaired) electrons. The van der Waals surface area contributed by atoms with Gasteiger partial charge in [-0.1, -0.05) is 12.1 Å². The molecular formula is C19H18N4O4. The van der Waals surface area contributed by atoms with Crippen molar-refractivity contribution < 1.29 is 9.59 Å². The predicted octanol–water partition coefficient (Wildman–Crippen LogP) is 1.03. The molecule has 0 saturated heterocycles.